The van der Waals surface area contributed by atoms with Crippen LogP contribution in [0.15, 0.2) is 120 Å². The minimum atomic E-state index is -1.57. The highest BCUT2D eigenvalue weighted by molar-refractivity contribution is 6.06. The van der Waals surface area contributed by atoms with Gasteiger partial charge < -0.3 is 0 Å². The molecule has 4 aliphatic carbocycles. The summed E-state index contributed by atoms with van der Waals surface area (Å²) in [4.78, 5) is 0. The Morgan fingerprint density at radius 3 is 1.96 bits per heavy atom. The average molecular weight is 619 g/mol. The largest absolute Gasteiger partial charge is 0.204 e. The predicted octanol–water partition coefficient (Wildman–Crippen LogP) is 8.98. The maximum absolute atomic E-state index is 14.7. The fraction of sp³-hybridized carbons (Fsp3) is 0.100. The molecule has 0 radical (unpaired) electrons. The van der Waals surface area contributed by atoms with Crippen molar-refractivity contribution in [3.05, 3.63) is 188 Å². The maximum Gasteiger partial charge on any atom is 0.194 e. The van der Waals surface area contributed by atoms with Gasteiger partial charge in [-0.1, -0.05) is 85.0 Å². The average Bonchev–Trinajstić information content (AvgIpc) is 3.07. The summed E-state index contributed by atoms with van der Waals surface area (Å²) in [6.45, 7) is 0. The fourth-order valence-electron chi connectivity index (χ4n) is 7.39. The topological polar surface area (TPSA) is 0 Å². The molecular weight excluding hydrogens is 594 g/mol. The first kappa shape index (κ1) is 28.4. The first-order chi connectivity index (χ1) is 22.3. The highest BCUT2D eigenvalue weighted by atomic mass is 19.2. The van der Waals surface area contributed by atoms with Gasteiger partial charge in [0.25, 0.3) is 0 Å². The fourth-order valence-corrected chi connectivity index (χ4v) is 7.39. The van der Waals surface area contributed by atoms with Crippen molar-refractivity contribution >= 4 is 22.3 Å². The zero-order valence-electron chi connectivity index (χ0n) is 24.2. The van der Waals surface area contributed by atoms with Crippen molar-refractivity contribution in [1.82, 2.24) is 0 Å². The molecule has 0 amide bonds. The van der Waals surface area contributed by atoms with Crippen molar-refractivity contribution in [2.45, 2.75) is 18.8 Å². The Labute approximate surface area is 261 Å². The zero-order chi connectivity index (χ0) is 31.7. The molecule has 0 heterocycles. The lowest BCUT2D eigenvalue weighted by Gasteiger charge is -2.36. The van der Waals surface area contributed by atoms with E-state index in [-0.39, 0.29) is 23.0 Å². The standard InChI is InChI=1S/C40H24F6/c41-33-17-23(18-34(42)39(33)45)21-13-14-30-32(15-21)37(24-19-35(43)40(46)36(44)20-24)28-11-5-6-12-29(28)38(30)31-16-22-7-1-2-8-25(22)26-9-3-4-10-27(26)31/h1-7,9-13,15-20,25,30H,8,14H2. The Kier molecular flexibility index (Phi) is 6.64. The van der Waals surface area contributed by atoms with Crippen LogP contribution in [0.1, 0.15) is 41.0 Å². The van der Waals surface area contributed by atoms with Crippen molar-refractivity contribution in [2.75, 3.05) is 0 Å². The van der Waals surface area contributed by atoms with E-state index >= 15 is 0 Å². The molecule has 4 aliphatic rings. The number of rotatable bonds is 3. The van der Waals surface area contributed by atoms with Crippen LogP contribution in [0.25, 0.3) is 22.3 Å². The molecule has 0 N–H and O–H groups in total. The van der Waals surface area contributed by atoms with Crippen molar-refractivity contribution < 1.29 is 26.3 Å². The third-order valence-electron chi connectivity index (χ3n) is 9.40. The molecule has 4 aromatic rings. The maximum atomic E-state index is 14.7. The van der Waals surface area contributed by atoms with Gasteiger partial charge in [0.2, 0.25) is 0 Å². The highest BCUT2D eigenvalue weighted by Gasteiger charge is 2.35. The summed E-state index contributed by atoms with van der Waals surface area (Å²) in [5, 5.41) is 1.55. The molecule has 0 saturated heterocycles. The van der Waals surface area contributed by atoms with Crippen LogP contribution in [0.4, 0.5) is 26.3 Å². The number of allylic oxidation sites excluding steroid dienone is 10. The van der Waals surface area contributed by atoms with E-state index in [9.17, 15) is 26.3 Å². The molecule has 4 aromatic carbocycles. The first-order valence-electron chi connectivity index (χ1n) is 15.0. The Morgan fingerprint density at radius 1 is 0.609 bits per heavy atom. The van der Waals surface area contributed by atoms with E-state index < -0.39 is 34.9 Å². The lowest BCUT2D eigenvalue weighted by Crippen LogP contribution is -2.38. The summed E-state index contributed by atoms with van der Waals surface area (Å²) < 4.78 is 86.3. The smallest absolute Gasteiger partial charge is 0.194 e. The summed E-state index contributed by atoms with van der Waals surface area (Å²) in [5.74, 6) is -8.55. The zero-order valence-corrected chi connectivity index (χ0v) is 24.2. The summed E-state index contributed by atoms with van der Waals surface area (Å²) in [6.07, 6.45) is 13.4. The van der Waals surface area contributed by atoms with Crippen LogP contribution < -0.4 is 10.4 Å². The molecule has 0 bridgehead atoms. The Hall–Kier alpha value is -5.10. The number of hydrogen-bond acceptors (Lipinski definition) is 0. The van der Waals surface area contributed by atoms with Gasteiger partial charge in [0.05, 0.1) is 0 Å². The summed E-state index contributed by atoms with van der Waals surface area (Å²) in [5.41, 5.74) is 7.31. The van der Waals surface area contributed by atoms with Crippen LogP contribution in [0.5, 0.6) is 0 Å². The van der Waals surface area contributed by atoms with Gasteiger partial charge in [-0.2, -0.15) is 0 Å². The van der Waals surface area contributed by atoms with Gasteiger partial charge in [0.1, 0.15) is 0 Å². The van der Waals surface area contributed by atoms with E-state index in [0.29, 0.717) is 28.4 Å². The first-order valence-corrected chi connectivity index (χ1v) is 15.0. The van der Waals surface area contributed by atoms with E-state index in [4.69, 9.17) is 0 Å². The Balaban J connectivity index is 1.45. The van der Waals surface area contributed by atoms with E-state index in [0.717, 1.165) is 52.6 Å². The van der Waals surface area contributed by atoms with Crippen molar-refractivity contribution in [2.24, 2.45) is 5.92 Å². The van der Waals surface area contributed by atoms with E-state index in [1.807, 2.05) is 42.5 Å². The van der Waals surface area contributed by atoms with Gasteiger partial charge in [0, 0.05) is 11.8 Å². The number of benzene rings is 4. The molecule has 0 spiro atoms. The predicted molar refractivity (Wildman–Crippen MR) is 167 cm³/mol. The van der Waals surface area contributed by atoms with E-state index in [2.05, 4.69) is 36.4 Å². The number of hydrogen-bond donors (Lipinski definition) is 0. The van der Waals surface area contributed by atoms with Gasteiger partial charge in [-0.15, -0.1) is 0 Å². The quantitative estimate of drug-likeness (QED) is 0.159. The molecule has 0 saturated carbocycles. The molecule has 8 rings (SSSR count). The Bertz CT molecular complexity index is 2230. The van der Waals surface area contributed by atoms with E-state index in [1.54, 1.807) is 6.08 Å². The molecule has 0 aromatic heterocycles. The summed E-state index contributed by atoms with van der Waals surface area (Å²) >= 11 is 0. The molecule has 46 heavy (non-hydrogen) atoms. The second-order valence-corrected chi connectivity index (χ2v) is 11.9. The lowest BCUT2D eigenvalue weighted by molar-refractivity contribution is 0.446. The third-order valence-corrected chi connectivity index (χ3v) is 9.40. The molecule has 0 aliphatic heterocycles. The SMILES string of the molecule is Fc1cc(C2=CCC3C(=C2)C(c2cc(F)c(F)c(F)c2)=c2ccccc2=C3C2=CC3=CC=CCC3c3ccccc32)cc(F)c1F. The minimum Gasteiger partial charge on any atom is -0.204 e. The minimum absolute atomic E-state index is 0.128. The second-order valence-electron chi connectivity index (χ2n) is 11.9. The number of halogens is 6. The molecular formula is C40H24F6. The molecule has 6 heteroatoms. The molecule has 0 nitrogen and oxygen atoms in total. The van der Waals surface area contributed by atoms with Gasteiger partial charge in [-0.25, -0.2) is 26.3 Å². The third kappa shape index (κ3) is 4.38. The normalized spacial score (nSPS) is 19.7. The molecule has 2 unspecified atom stereocenters. The molecule has 226 valence electrons. The van der Waals surface area contributed by atoms with Crippen molar-refractivity contribution in [3.63, 3.8) is 0 Å². The monoisotopic (exact) mass is 618 g/mol. The second kappa shape index (κ2) is 10.8. The summed E-state index contributed by atoms with van der Waals surface area (Å²) in [7, 11) is 0. The van der Waals surface area contributed by atoms with Gasteiger partial charge >= 0.3 is 0 Å². The van der Waals surface area contributed by atoms with Crippen LogP contribution in [-0.2, 0) is 0 Å². The van der Waals surface area contributed by atoms with Gasteiger partial charge in [-0.05, 0) is 103 Å². The summed E-state index contributed by atoms with van der Waals surface area (Å²) in [6, 6.07) is 19.7. The van der Waals surface area contributed by atoms with Crippen LogP contribution in [-0.4, -0.2) is 0 Å². The van der Waals surface area contributed by atoms with E-state index in [1.165, 1.54) is 11.1 Å². The number of fused-ring (bicyclic) bond motifs is 5. The molecule has 2 atom stereocenters. The van der Waals surface area contributed by atoms with Crippen molar-refractivity contribution in [3.8, 4) is 0 Å². The van der Waals surface area contributed by atoms with Crippen LogP contribution in [0, 0.1) is 40.8 Å². The van der Waals surface area contributed by atoms with Gasteiger partial charge in [-0.3, -0.25) is 0 Å². The Morgan fingerprint density at radius 2 is 1.24 bits per heavy atom. The highest BCUT2D eigenvalue weighted by Crippen LogP contribution is 2.50. The van der Waals surface area contributed by atoms with Crippen LogP contribution >= 0.6 is 0 Å². The lowest BCUT2D eigenvalue weighted by atomic mass is 9.67. The van der Waals surface area contributed by atoms with Crippen molar-refractivity contribution in [1.29, 1.82) is 0 Å². The molecule has 0 fully saturated rings. The van der Waals surface area contributed by atoms with Gasteiger partial charge in [0.15, 0.2) is 34.9 Å². The van der Waals surface area contributed by atoms with Crippen LogP contribution in [0.3, 0.4) is 0 Å². The van der Waals surface area contributed by atoms with Crippen LogP contribution in [0.2, 0.25) is 0 Å².